The molecule has 0 aliphatic carbocycles. The highest BCUT2D eigenvalue weighted by atomic mass is 32.2. The van der Waals surface area contributed by atoms with Crippen LogP contribution in [0.25, 0.3) is 0 Å². The van der Waals surface area contributed by atoms with E-state index in [0.29, 0.717) is 18.9 Å². The van der Waals surface area contributed by atoms with Crippen molar-refractivity contribution in [1.82, 2.24) is 10.6 Å². The molecule has 1 atom stereocenters. The highest BCUT2D eigenvalue weighted by molar-refractivity contribution is 7.89. The van der Waals surface area contributed by atoms with Crippen LogP contribution in [0, 0.1) is 11.8 Å². The van der Waals surface area contributed by atoms with Crippen LogP contribution < -0.4 is 15.8 Å². The van der Waals surface area contributed by atoms with Crippen LogP contribution in [0.5, 0.6) is 0 Å². The standard InChI is InChI=1S/C9H19N3O3S/c1-7(8-5-11-6-8)9(13)12-3-2-4-16(10,14)15/h7-8,11H,2-6H2,1H3,(H,12,13)(H2,10,14,15). The minimum atomic E-state index is -3.41. The van der Waals surface area contributed by atoms with Gasteiger partial charge in [0.15, 0.2) is 0 Å². The molecular formula is C9H19N3O3S. The molecule has 1 saturated heterocycles. The van der Waals surface area contributed by atoms with Gasteiger partial charge in [0.2, 0.25) is 15.9 Å². The zero-order valence-electron chi connectivity index (χ0n) is 9.40. The lowest BCUT2D eigenvalue weighted by molar-refractivity contribution is -0.126. The van der Waals surface area contributed by atoms with Gasteiger partial charge in [-0.1, -0.05) is 6.92 Å². The Morgan fingerprint density at radius 1 is 1.56 bits per heavy atom. The molecule has 0 aromatic rings. The molecule has 1 aliphatic rings. The summed E-state index contributed by atoms with van der Waals surface area (Å²) >= 11 is 0. The van der Waals surface area contributed by atoms with Gasteiger partial charge in [-0.2, -0.15) is 0 Å². The van der Waals surface area contributed by atoms with Gasteiger partial charge < -0.3 is 10.6 Å². The average molecular weight is 249 g/mol. The molecule has 0 spiro atoms. The monoisotopic (exact) mass is 249 g/mol. The van der Waals surface area contributed by atoms with Crippen molar-refractivity contribution in [1.29, 1.82) is 0 Å². The molecule has 1 unspecified atom stereocenters. The summed E-state index contributed by atoms with van der Waals surface area (Å²) in [4.78, 5) is 11.6. The number of carbonyl (C=O) groups is 1. The fraction of sp³-hybridized carbons (Fsp3) is 0.889. The molecule has 0 saturated carbocycles. The molecule has 16 heavy (non-hydrogen) atoms. The topological polar surface area (TPSA) is 101 Å². The Morgan fingerprint density at radius 3 is 2.62 bits per heavy atom. The summed E-state index contributed by atoms with van der Waals surface area (Å²) in [6.07, 6.45) is 0.361. The van der Waals surface area contributed by atoms with Gasteiger partial charge in [-0.3, -0.25) is 4.79 Å². The van der Waals surface area contributed by atoms with Crippen LogP contribution in [0.15, 0.2) is 0 Å². The first-order chi connectivity index (χ1) is 7.40. The van der Waals surface area contributed by atoms with E-state index in [-0.39, 0.29) is 17.6 Å². The van der Waals surface area contributed by atoms with E-state index in [1.54, 1.807) is 0 Å². The van der Waals surface area contributed by atoms with E-state index in [1.165, 1.54) is 0 Å². The van der Waals surface area contributed by atoms with Crippen molar-refractivity contribution in [3.8, 4) is 0 Å². The third-order valence-corrected chi connectivity index (χ3v) is 3.70. The summed E-state index contributed by atoms with van der Waals surface area (Å²) in [5.41, 5.74) is 0. The van der Waals surface area contributed by atoms with Gasteiger partial charge in [0.05, 0.1) is 5.75 Å². The fourth-order valence-corrected chi connectivity index (χ4v) is 2.07. The van der Waals surface area contributed by atoms with Crippen LogP contribution in [0.2, 0.25) is 0 Å². The molecule has 4 N–H and O–H groups in total. The second kappa shape index (κ2) is 5.60. The van der Waals surface area contributed by atoms with Crippen LogP contribution >= 0.6 is 0 Å². The number of hydrogen-bond donors (Lipinski definition) is 3. The first-order valence-corrected chi connectivity index (χ1v) is 7.10. The van der Waals surface area contributed by atoms with Crippen molar-refractivity contribution in [2.24, 2.45) is 17.0 Å². The number of primary sulfonamides is 1. The fourth-order valence-electron chi connectivity index (χ4n) is 1.52. The van der Waals surface area contributed by atoms with Crippen LogP contribution in [0.4, 0.5) is 0 Å². The van der Waals surface area contributed by atoms with Gasteiger partial charge in [-0.25, -0.2) is 13.6 Å². The molecule has 1 fully saturated rings. The van der Waals surface area contributed by atoms with Gasteiger partial charge in [0.25, 0.3) is 0 Å². The van der Waals surface area contributed by atoms with Gasteiger partial charge in [0.1, 0.15) is 0 Å². The maximum Gasteiger partial charge on any atom is 0.223 e. The molecule has 1 heterocycles. The van der Waals surface area contributed by atoms with Crippen molar-refractivity contribution < 1.29 is 13.2 Å². The maximum absolute atomic E-state index is 11.6. The number of rotatable bonds is 6. The van der Waals surface area contributed by atoms with Gasteiger partial charge >= 0.3 is 0 Å². The summed E-state index contributed by atoms with van der Waals surface area (Å²) in [5.74, 6) is 0.280. The Balaban J connectivity index is 2.14. The van der Waals surface area contributed by atoms with E-state index in [4.69, 9.17) is 5.14 Å². The first kappa shape index (κ1) is 13.4. The molecule has 6 nitrogen and oxygen atoms in total. The first-order valence-electron chi connectivity index (χ1n) is 5.39. The van der Waals surface area contributed by atoms with Gasteiger partial charge in [0, 0.05) is 12.5 Å². The Morgan fingerprint density at radius 2 is 2.19 bits per heavy atom. The predicted molar refractivity (Wildman–Crippen MR) is 61.1 cm³/mol. The Labute approximate surface area is 96.0 Å². The number of carbonyl (C=O) groups excluding carboxylic acids is 1. The lowest BCUT2D eigenvalue weighted by Crippen LogP contribution is -2.49. The van der Waals surface area contributed by atoms with Crippen molar-refractivity contribution >= 4 is 15.9 Å². The molecule has 0 aromatic heterocycles. The summed E-state index contributed by atoms with van der Waals surface area (Å²) < 4.78 is 21.3. The molecule has 0 radical (unpaired) electrons. The van der Waals surface area contributed by atoms with Crippen molar-refractivity contribution in [2.45, 2.75) is 13.3 Å². The van der Waals surface area contributed by atoms with Crippen molar-refractivity contribution in [2.75, 3.05) is 25.4 Å². The summed E-state index contributed by atoms with van der Waals surface area (Å²) in [6, 6.07) is 0. The van der Waals surface area contributed by atoms with Crippen LogP contribution in [-0.4, -0.2) is 39.7 Å². The van der Waals surface area contributed by atoms with Crippen LogP contribution in [0.1, 0.15) is 13.3 Å². The molecule has 94 valence electrons. The minimum absolute atomic E-state index is 0.0130. The zero-order valence-corrected chi connectivity index (χ0v) is 10.2. The quantitative estimate of drug-likeness (QED) is 0.506. The Bertz CT molecular complexity index is 338. The smallest absolute Gasteiger partial charge is 0.223 e. The van der Waals surface area contributed by atoms with Crippen molar-refractivity contribution in [3.63, 3.8) is 0 Å². The van der Waals surface area contributed by atoms with E-state index in [1.807, 2.05) is 6.92 Å². The molecular weight excluding hydrogens is 230 g/mol. The van der Waals surface area contributed by atoms with Crippen molar-refractivity contribution in [3.05, 3.63) is 0 Å². The number of hydrogen-bond acceptors (Lipinski definition) is 4. The molecule has 1 aliphatic heterocycles. The molecule has 0 bridgehead atoms. The lowest BCUT2D eigenvalue weighted by atomic mass is 9.88. The number of amides is 1. The normalized spacial score (nSPS) is 18.9. The molecule has 7 heteroatoms. The largest absolute Gasteiger partial charge is 0.356 e. The zero-order chi connectivity index (χ0) is 12.2. The van der Waals surface area contributed by atoms with E-state index in [0.717, 1.165) is 13.1 Å². The van der Waals surface area contributed by atoms with Gasteiger partial charge in [-0.15, -0.1) is 0 Å². The summed E-state index contributed by atoms with van der Waals surface area (Å²) in [7, 11) is -3.41. The molecule has 1 rings (SSSR count). The Hall–Kier alpha value is -0.660. The van der Waals surface area contributed by atoms with E-state index >= 15 is 0 Å². The van der Waals surface area contributed by atoms with Crippen LogP contribution in [-0.2, 0) is 14.8 Å². The lowest BCUT2D eigenvalue weighted by Gasteiger charge is -2.31. The third kappa shape index (κ3) is 4.46. The summed E-state index contributed by atoms with van der Waals surface area (Å²) in [5, 5.41) is 10.7. The number of nitrogens with one attached hydrogen (secondary N) is 2. The third-order valence-electron chi connectivity index (χ3n) is 2.84. The second-order valence-corrected chi connectivity index (χ2v) is 5.95. The predicted octanol–water partition coefficient (Wildman–Crippen LogP) is -1.36. The van der Waals surface area contributed by atoms with Gasteiger partial charge in [-0.05, 0) is 25.4 Å². The summed E-state index contributed by atoms with van der Waals surface area (Å²) in [6.45, 7) is 4.01. The number of sulfonamides is 1. The second-order valence-electron chi connectivity index (χ2n) is 4.22. The van der Waals surface area contributed by atoms with E-state index < -0.39 is 10.0 Å². The molecule has 0 aromatic carbocycles. The van der Waals surface area contributed by atoms with E-state index in [9.17, 15) is 13.2 Å². The SMILES string of the molecule is CC(C(=O)NCCCS(N)(=O)=O)C1CNC1. The number of nitrogens with two attached hydrogens (primary N) is 1. The molecule has 1 amide bonds. The Kier molecular flexibility index (Phi) is 4.69. The highest BCUT2D eigenvalue weighted by Crippen LogP contribution is 2.15. The minimum Gasteiger partial charge on any atom is -0.356 e. The maximum atomic E-state index is 11.6. The average Bonchev–Trinajstić information content (AvgIpc) is 2.07. The van der Waals surface area contributed by atoms with E-state index in [2.05, 4.69) is 10.6 Å². The van der Waals surface area contributed by atoms with Crippen LogP contribution in [0.3, 0.4) is 0 Å². The highest BCUT2D eigenvalue weighted by Gasteiger charge is 2.28.